The summed E-state index contributed by atoms with van der Waals surface area (Å²) < 4.78 is 11.0. The highest BCUT2D eigenvalue weighted by atomic mass is 16.5. The first kappa shape index (κ1) is 15.5. The van der Waals surface area contributed by atoms with Crippen LogP contribution in [0, 0.1) is 0 Å². The number of ether oxygens (including phenoxy) is 1. The Morgan fingerprint density at radius 1 is 1.35 bits per heavy atom. The highest BCUT2D eigenvalue weighted by Gasteiger charge is 2.34. The average molecular weight is 313 g/mol. The molecule has 3 rings (SSSR count). The molecule has 0 bridgehead atoms. The molecule has 1 unspecified atom stereocenters. The second-order valence-corrected chi connectivity index (χ2v) is 5.39. The number of fused-ring (bicyclic) bond motifs is 1. The lowest BCUT2D eigenvalue weighted by Crippen LogP contribution is -2.32. The number of aromatic carboxylic acids is 1. The summed E-state index contributed by atoms with van der Waals surface area (Å²) in [7, 11) is -1.06. The largest absolute Gasteiger partial charge is 0.534 e. The van der Waals surface area contributed by atoms with E-state index in [1.807, 2.05) is 30.3 Å². The van der Waals surface area contributed by atoms with Crippen LogP contribution in [0.5, 0.6) is 5.75 Å². The molecule has 2 aromatic rings. The topological polar surface area (TPSA) is 88.9 Å². The molecule has 1 aliphatic heterocycles. The molecule has 1 aromatic carbocycles. The van der Waals surface area contributed by atoms with Crippen molar-refractivity contribution in [1.29, 1.82) is 0 Å². The summed E-state index contributed by atoms with van der Waals surface area (Å²) in [4.78, 5) is 15.0. The van der Waals surface area contributed by atoms with Gasteiger partial charge in [0.2, 0.25) is 0 Å². The summed E-state index contributed by atoms with van der Waals surface area (Å²) >= 11 is 0. The maximum absolute atomic E-state index is 11.2. The molecule has 23 heavy (non-hydrogen) atoms. The molecule has 1 atom stereocenters. The van der Waals surface area contributed by atoms with Crippen LogP contribution in [0.15, 0.2) is 42.6 Å². The third-order valence-corrected chi connectivity index (χ3v) is 3.75. The Morgan fingerprint density at radius 2 is 2.13 bits per heavy atom. The van der Waals surface area contributed by atoms with Crippen LogP contribution in [0.2, 0.25) is 6.32 Å². The van der Waals surface area contributed by atoms with Crippen LogP contribution in [0.4, 0.5) is 0 Å². The van der Waals surface area contributed by atoms with Gasteiger partial charge in [0.1, 0.15) is 5.75 Å². The molecule has 0 saturated carbocycles. The Labute approximate surface area is 133 Å². The van der Waals surface area contributed by atoms with E-state index in [-0.39, 0.29) is 17.4 Å². The molecular formula is C16H16BNO5. The molecule has 6 nitrogen and oxygen atoms in total. The van der Waals surface area contributed by atoms with Crippen LogP contribution in [0.1, 0.15) is 27.5 Å². The van der Waals surface area contributed by atoms with E-state index in [1.54, 1.807) is 6.07 Å². The molecule has 2 N–H and O–H groups in total. The third-order valence-electron chi connectivity index (χ3n) is 3.75. The van der Waals surface area contributed by atoms with Crippen molar-refractivity contribution < 1.29 is 24.3 Å². The van der Waals surface area contributed by atoms with Gasteiger partial charge in [-0.1, -0.05) is 30.3 Å². The Morgan fingerprint density at radius 3 is 2.87 bits per heavy atom. The van der Waals surface area contributed by atoms with Gasteiger partial charge in [-0.3, -0.25) is 0 Å². The van der Waals surface area contributed by atoms with E-state index in [4.69, 9.17) is 9.39 Å². The van der Waals surface area contributed by atoms with Crippen LogP contribution < -0.4 is 4.65 Å². The minimum Gasteiger partial charge on any atom is -0.534 e. The van der Waals surface area contributed by atoms with Crippen molar-refractivity contribution in [3.8, 4) is 5.75 Å². The monoisotopic (exact) mass is 313 g/mol. The van der Waals surface area contributed by atoms with Gasteiger partial charge in [0.15, 0.2) is 5.69 Å². The predicted octanol–water partition coefficient (Wildman–Crippen LogP) is 1.95. The zero-order valence-corrected chi connectivity index (χ0v) is 12.4. The standard InChI is InChI=1S/C16H16BNO5/c19-16(20)14-15-13(6-7-18-14)12(8-17(21)23-15)10-22-9-11-4-2-1-3-5-11/h1-7,12,21H,8-10H2,(H,19,20). The first-order valence-electron chi connectivity index (χ1n) is 7.33. The number of carboxylic acid groups (broad SMARTS) is 1. The molecule has 118 valence electrons. The van der Waals surface area contributed by atoms with Crippen LogP contribution >= 0.6 is 0 Å². The lowest BCUT2D eigenvalue weighted by atomic mass is 9.72. The van der Waals surface area contributed by atoms with Gasteiger partial charge in [-0.15, -0.1) is 0 Å². The maximum Gasteiger partial charge on any atom is 0.523 e. The zero-order valence-electron chi connectivity index (χ0n) is 12.4. The number of benzene rings is 1. The minimum atomic E-state index is -1.18. The molecule has 0 saturated heterocycles. The lowest BCUT2D eigenvalue weighted by Gasteiger charge is -2.27. The summed E-state index contributed by atoms with van der Waals surface area (Å²) in [6, 6.07) is 11.5. The number of carboxylic acids is 1. The molecule has 1 aliphatic rings. The van der Waals surface area contributed by atoms with Crippen LogP contribution in [-0.2, 0) is 11.3 Å². The van der Waals surface area contributed by atoms with Crippen LogP contribution in [-0.4, -0.2) is 34.8 Å². The Balaban J connectivity index is 1.74. The Bertz CT molecular complexity index is 694. The van der Waals surface area contributed by atoms with E-state index in [0.717, 1.165) is 5.56 Å². The number of nitrogens with zero attached hydrogens (tertiary/aromatic N) is 1. The molecule has 2 heterocycles. The fourth-order valence-corrected chi connectivity index (χ4v) is 2.67. The van der Waals surface area contributed by atoms with Crippen molar-refractivity contribution in [3.05, 3.63) is 59.4 Å². The van der Waals surface area contributed by atoms with Gasteiger partial charge in [0, 0.05) is 24.0 Å². The maximum atomic E-state index is 11.2. The van der Waals surface area contributed by atoms with Crippen LogP contribution in [0.25, 0.3) is 0 Å². The molecule has 0 aliphatic carbocycles. The molecule has 7 heteroatoms. The molecule has 0 amide bonds. The Hall–Kier alpha value is -2.38. The third kappa shape index (κ3) is 3.52. The normalized spacial score (nSPS) is 16.6. The van der Waals surface area contributed by atoms with E-state index in [2.05, 4.69) is 4.98 Å². The average Bonchev–Trinajstić information content (AvgIpc) is 2.55. The molecule has 1 aromatic heterocycles. The van der Waals surface area contributed by atoms with Crippen molar-refractivity contribution in [3.63, 3.8) is 0 Å². The summed E-state index contributed by atoms with van der Waals surface area (Å²) in [5.74, 6) is -1.19. The first-order valence-corrected chi connectivity index (χ1v) is 7.33. The Kier molecular flexibility index (Phi) is 4.59. The second kappa shape index (κ2) is 6.81. The van der Waals surface area contributed by atoms with Crippen molar-refractivity contribution >= 4 is 13.1 Å². The quantitative estimate of drug-likeness (QED) is 0.820. The predicted molar refractivity (Wildman–Crippen MR) is 83.4 cm³/mol. The van der Waals surface area contributed by atoms with Crippen molar-refractivity contribution in [2.24, 2.45) is 0 Å². The SMILES string of the molecule is O=C(O)c1nccc2c1OB(O)CC2COCc1ccccc1. The lowest BCUT2D eigenvalue weighted by molar-refractivity contribution is 0.0686. The second-order valence-electron chi connectivity index (χ2n) is 5.39. The van der Waals surface area contributed by atoms with Gasteiger partial charge in [-0.25, -0.2) is 9.78 Å². The van der Waals surface area contributed by atoms with E-state index in [9.17, 15) is 14.9 Å². The number of pyridine rings is 1. The van der Waals surface area contributed by atoms with Gasteiger partial charge in [0.25, 0.3) is 0 Å². The van der Waals surface area contributed by atoms with E-state index >= 15 is 0 Å². The van der Waals surface area contributed by atoms with Gasteiger partial charge in [-0.2, -0.15) is 0 Å². The summed E-state index contributed by atoms with van der Waals surface area (Å²) in [6.07, 6.45) is 1.79. The van der Waals surface area contributed by atoms with E-state index < -0.39 is 13.1 Å². The highest BCUT2D eigenvalue weighted by Crippen LogP contribution is 2.37. The van der Waals surface area contributed by atoms with Crippen LogP contribution in [0.3, 0.4) is 0 Å². The zero-order chi connectivity index (χ0) is 16.2. The van der Waals surface area contributed by atoms with Gasteiger partial charge < -0.3 is 19.5 Å². The van der Waals surface area contributed by atoms with Gasteiger partial charge >= 0.3 is 13.1 Å². The van der Waals surface area contributed by atoms with Crippen molar-refractivity contribution in [2.45, 2.75) is 18.8 Å². The number of hydrogen-bond donors (Lipinski definition) is 2. The fraction of sp³-hybridized carbons (Fsp3) is 0.250. The van der Waals surface area contributed by atoms with Gasteiger partial charge in [-0.05, 0) is 11.6 Å². The summed E-state index contributed by atoms with van der Waals surface area (Å²) in [6.45, 7) is 0.825. The smallest absolute Gasteiger partial charge is 0.523 e. The molecule has 0 radical (unpaired) electrons. The summed E-state index contributed by atoms with van der Waals surface area (Å²) in [5.41, 5.74) is 1.58. The van der Waals surface area contributed by atoms with E-state index in [0.29, 0.717) is 25.1 Å². The van der Waals surface area contributed by atoms with Crippen molar-refractivity contribution in [1.82, 2.24) is 4.98 Å². The number of aromatic nitrogens is 1. The minimum absolute atomic E-state index is 0.132. The number of rotatable bonds is 5. The fourth-order valence-electron chi connectivity index (χ4n) is 2.67. The van der Waals surface area contributed by atoms with E-state index in [1.165, 1.54) is 6.20 Å². The number of carbonyl (C=O) groups is 1. The first-order chi connectivity index (χ1) is 11.1. The van der Waals surface area contributed by atoms with Crippen molar-refractivity contribution in [2.75, 3.05) is 6.61 Å². The molecule has 0 spiro atoms. The van der Waals surface area contributed by atoms with Gasteiger partial charge in [0.05, 0.1) is 13.2 Å². The summed E-state index contributed by atoms with van der Waals surface area (Å²) in [5, 5.41) is 19.0. The highest BCUT2D eigenvalue weighted by molar-refractivity contribution is 6.44. The number of hydrogen-bond acceptors (Lipinski definition) is 5. The molecular weight excluding hydrogens is 297 g/mol. The molecule has 0 fully saturated rings.